The zero-order chi connectivity index (χ0) is 20.2. The molecule has 146 valence electrons. The Bertz CT molecular complexity index is 895. The number of rotatable bonds is 7. The van der Waals surface area contributed by atoms with Crippen LogP contribution in [0.15, 0.2) is 48.5 Å². The van der Waals surface area contributed by atoms with Crippen molar-refractivity contribution >= 4 is 21.6 Å². The third-order valence-corrected chi connectivity index (χ3v) is 5.87. The van der Waals surface area contributed by atoms with Crippen molar-refractivity contribution in [3.05, 3.63) is 65.2 Å². The van der Waals surface area contributed by atoms with E-state index in [0.29, 0.717) is 12.1 Å². The second-order valence-electron chi connectivity index (χ2n) is 6.90. The molecule has 5 nitrogen and oxygen atoms in total. The van der Waals surface area contributed by atoms with Crippen molar-refractivity contribution in [3.8, 4) is 0 Å². The summed E-state index contributed by atoms with van der Waals surface area (Å²) < 4.78 is 25.8. The van der Waals surface area contributed by atoms with Crippen molar-refractivity contribution in [2.45, 2.75) is 46.2 Å². The summed E-state index contributed by atoms with van der Waals surface area (Å²) in [5, 5.41) is 3.02. The Morgan fingerprint density at radius 2 is 1.74 bits per heavy atom. The third kappa shape index (κ3) is 5.10. The van der Waals surface area contributed by atoms with Crippen LogP contribution < -0.4 is 9.62 Å². The molecular formula is C21H28N2O3S. The molecule has 0 saturated heterocycles. The lowest BCUT2D eigenvalue weighted by atomic mass is 9.97. The molecule has 2 aromatic rings. The average Bonchev–Trinajstić information content (AvgIpc) is 2.59. The van der Waals surface area contributed by atoms with E-state index in [1.54, 1.807) is 31.2 Å². The van der Waals surface area contributed by atoms with Crippen molar-refractivity contribution in [3.63, 3.8) is 0 Å². The molecule has 2 atom stereocenters. The van der Waals surface area contributed by atoms with E-state index in [9.17, 15) is 13.2 Å². The van der Waals surface area contributed by atoms with Crippen molar-refractivity contribution < 1.29 is 13.2 Å². The van der Waals surface area contributed by atoms with Crippen molar-refractivity contribution in [2.24, 2.45) is 0 Å². The third-order valence-electron chi connectivity index (χ3n) is 4.62. The number of nitrogens with zero attached hydrogens (tertiary/aromatic N) is 1. The van der Waals surface area contributed by atoms with E-state index in [0.717, 1.165) is 27.3 Å². The maximum absolute atomic E-state index is 12.9. The molecule has 1 N–H and O–H groups in total. The van der Waals surface area contributed by atoms with Crippen molar-refractivity contribution in [2.75, 3.05) is 10.6 Å². The minimum Gasteiger partial charge on any atom is -0.347 e. The van der Waals surface area contributed by atoms with Gasteiger partial charge < -0.3 is 5.32 Å². The van der Waals surface area contributed by atoms with Crippen LogP contribution in [0.2, 0.25) is 0 Å². The van der Waals surface area contributed by atoms with E-state index in [1.165, 1.54) is 0 Å². The van der Waals surface area contributed by atoms with Crippen LogP contribution in [0.3, 0.4) is 0 Å². The topological polar surface area (TPSA) is 66.5 Å². The van der Waals surface area contributed by atoms with Gasteiger partial charge >= 0.3 is 0 Å². The zero-order valence-electron chi connectivity index (χ0n) is 16.6. The van der Waals surface area contributed by atoms with Gasteiger partial charge in [0, 0.05) is 0 Å². The number of benzene rings is 2. The highest BCUT2D eigenvalue weighted by Crippen LogP contribution is 2.24. The number of nitrogens with one attached hydrogen (secondary N) is 1. The standard InChI is InChI=1S/C21H28N2O3S/c1-6-20(19-13-12-15(2)14-16(19)3)22-21(24)17(4)23(27(5,25)26)18-10-8-7-9-11-18/h7-14,17,20H,6H2,1-5H3,(H,22,24)/t17-,20-/m1/s1. The molecule has 0 unspecified atom stereocenters. The minimum atomic E-state index is -3.61. The van der Waals surface area contributed by atoms with Gasteiger partial charge in [-0.2, -0.15) is 0 Å². The number of hydrogen-bond donors (Lipinski definition) is 1. The molecule has 0 bridgehead atoms. The second-order valence-corrected chi connectivity index (χ2v) is 8.76. The number of sulfonamides is 1. The summed E-state index contributed by atoms with van der Waals surface area (Å²) in [5.41, 5.74) is 3.80. The van der Waals surface area contributed by atoms with Gasteiger partial charge in [0.05, 0.1) is 18.0 Å². The van der Waals surface area contributed by atoms with Crippen LogP contribution in [0.1, 0.15) is 43.0 Å². The van der Waals surface area contributed by atoms with E-state index < -0.39 is 16.1 Å². The Hall–Kier alpha value is -2.34. The Labute approximate surface area is 162 Å². The number of carbonyl (C=O) groups excluding carboxylic acids is 1. The molecule has 0 aliphatic heterocycles. The fourth-order valence-corrected chi connectivity index (χ4v) is 4.47. The highest BCUT2D eigenvalue weighted by molar-refractivity contribution is 7.92. The second kappa shape index (κ2) is 8.57. The molecule has 0 radical (unpaired) electrons. The number of anilines is 1. The number of carbonyl (C=O) groups is 1. The van der Waals surface area contributed by atoms with Gasteiger partial charge in [0.1, 0.15) is 6.04 Å². The molecule has 0 spiro atoms. The fourth-order valence-electron chi connectivity index (χ4n) is 3.29. The Morgan fingerprint density at radius 1 is 1.11 bits per heavy atom. The summed E-state index contributed by atoms with van der Waals surface area (Å²) in [5.74, 6) is -0.323. The number of amides is 1. The lowest BCUT2D eigenvalue weighted by Gasteiger charge is -2.30. The normalized spacial score (nSPS) is 13.7. The molecule has 0 aliphatic rings. The minimum absolute atomic E-state index is 0.169. The summed E-state index contributed by atoms with van der Waals surface area (Å²) >= 11 is 0. The summed E-state index contributed by atoms with van der Waals surface area (Å²) in [4.78, 5) is 12.9. The first-order chi connectivity index (χ1) is 12.6. The van der Waals surface area contributed by atoms with Crippen LogP contribution in [-0.4, -0.2) is 26.6 Å². The molecule has 0 aliphatic carbocycles. The first kappa shape index (κ1) is 21.0. The first-order valence-electron chi connectivity index (χ1n) is 9.07. The summed E-state index contributed by atoms with van der Waals surface area (Å²) in [6, 6.07) is 13.8. The van der Waals surface area contributed by atoms with Crippen LogP contribution in [-0.2, 0) is 14.8 Å². The zero-order valence-corrected chi connectivity index (χ0v) is 17.4. The van der Waals surface area contributed by atoms with Gasteiger partial charge in [-0.25, -0.2) is 8.42 Å². The molecule has 27 heavy (non-hydrogen) atoms. The highest BCUT2D eigenvalue weighted by atomic mass is 32.2. The predicted molar refractivity (Wildman–Crippen MR) is 110 cm³/mol. The van der Waals surface area contributed by atoms with Crippen molar-refractivity contribution in [1.82, 2.24) is 5.32 Å². The molecule has 2 aromatic carbocycles. The molecule has 0 aromatic heterocycles. The summed E-state index contributed by atoms with van der Waals surface area (Å²) in [6.07, 6.45) is 1.83. The van der Waals surface area contributed by atoms with E-state index in [-0.39, 0.29) is 11.9 Å². The van der Waals surface area contributed by atoms with Crippen LogP contribution in [0.5, 0.6) is 0 Å². The van der Waals surface area contributed by atoms with Gasteiger partial charge in [0.25, 0.3) is 0 Å². The maximum atomic E-state index is 12.9. The monoisotopic (exact) mass is 388 g/mol. The Balaban J connectivity index is 2.28. The van der Waals surface area contributed by atoms with Gasteiger partial charge in [0.15, 0.2) is 0 Å². The number of para-hydroxylation sites is 1. The average molecular weight is 389 g/mol. The molecule has 0 fully saturated rings. The molecule has 0 heterocycles. The summed E-state index contributed by atoms with van der Waals surface area (Å²) in [6.45, 7) is 7.66. The Kier molecular flexibility index (Phi) is 6.65. The highest BCUT2D eigenvalue weighted by Gasteiger charge is 2.30. The van der Waals surface area contributed by atoms with Gasteiger partial charge in [0.2, 0.25) is 15.9 Å². The predicted octanol–water partition coefficient (Wildman–Crippen LogP) is 3.73. The smallest absolute Gasteiger partial charge is 0.244 e. The van der Waals surface area contributed by atoms with Gasteiger partial charge in [-0.05, 0) is 50.5 Å². The van der Waals surface area contributed by atoms with Gasteiger partial charge in [-0.15, -0.1) is 0 Å². The Morgan fingerprint density at radius 3 is 2.26 bits per heavy atom. The maximum Gasteiger partial charge on any atom is 0.244 e. The molecule has 6 heteroatoms. The van der Waals surface area contributed by atoms with Crippen LogP contribution >= 0.6 is 0 Å². The number of aryl methyl sites for hydroxylation is 2. The van der Waals surface area contributed by atoms with E-state index in [1.807, 2.05) is 39.0 Å². The fraction of sp³-hybridized carbons (Fsp3) is 0.381. The molecular weight excluding hydrogens is 360 g/mol. The van der Waals surface area contributed by atoms with Crippen LogP contribution in [0, 0.1) is 13.8 Å². The van der Waals surface area contributed by atoms with E-state index in [4.69, 9.17) is 0 Å². The number of hydrogen-bond acceptors (Lipinski definition) is 3. The lowest BCUT2D eigenvalue weighted by molar-refractivity contribution is -0.122. The van der Waals surface area contributed by atoms with Gasteiger partial charge in [-0.3, -0.25) is 9.10 Å². The first-order valence-corrected chi connectivity index (χ1v) is 10.9. The summed E-state index contributed by atoms with van der Waals surface area (Å²) in [7, 11) is -3.61. The van der Waals surface area contributed by atoms with E-state index in [2.05, 4.69) is 11.4 Å². The molecule has 0 saturated carbocycles. The van der Waals surface area contributed by atoms with Gasteiger partial charge in [-0.1, -0.05) is 48.9 Å². The largest absolute Gasteiger partial charge is 0.347 e. The van der Waals surface area contributed by atoms with Crippen LogP contribution in [0.4, 0.5) is 5.69 Å². The lowest BCUT2D eigenvalue weighted by Crippen LogP contribution is -2.48. The molecule has 1 amide bonds. The van der Waals surface area contributed by atoms with E-state index >= 15 is 0 Å². The van der Waals surface area contributed by atoms with Crippen molar-refractivity contribution in [1.29, 1.82) is 0 Å². The quantitative estimate of drug-likeness (QED) is 0.786. The van der Waals surface area contributed by atoms with Crippen LogP contribution in [0.25, 0.3) is 0 Å². The molecule has 2 rings (SSSR count). The SMILES string of the molecule is CC[C@@H](NC(=O)[C@@H](C)N(c1ccccc1)S(C)(=O)=O)c1ccc(C)cc1C.